The number of rotatable bonds is 9. The Balaban J connectivity index is 0.000000403. The number of piperazine rings is 1. The van der Waals surface area contributed by atoms with Gasteiger partial charge in [-0.15, -0.1) is 0 Å². The Bertz CT molecular complexity index is 1890. The highest BCUT2D eigenvalue weighted by Crippen LogP contribution is 2.41. The number of amides is 1. The van der Waals surface area contributed by atoms with Gasteiger partial charge in [0.25, 0.3) is 5.91 Å². The van der Waals surface area contributed by atoms with E-state index in [0.29, 0.717) is 37.3 Å². The van der Waals surface area contributed by atoms with Crippen LogP contribution in [0.15, 0.2) is 60.9 Å². The predicted molar refractivity (Wildman–Crippen MR) is 207 cm³/mol. The van der Waals surface area contributed by atoms with Crippen molar-refractivity contribution in [2.45, 2.75) is 95.2 Å². The molecule has 0 spiro atoms. The van der Waals surface area contributed by atoms with Crippen molar-refractivity contribution in [3.63, 3.8) is 0 Å². The Hall–Kier alpha value is -3.82. The highest BCUT2D eigenvalue weighted by molar-refractivity contribution is 7.90. The molecule has 3 atom stereocenters. The van der Waals surface area contributed by atoms with Crippen molar-refractivity contribution >= 4 is 21.9 Å². The highest BCUT2D eigenvalue weighted by Gasteiger charge is 2.45. The summed E-state index contributed by atoms with van der Waals surface area (Å²) in [6.07, 6.45) is 5.04. The molecule has 2 aromatic carbocycles. The molecule has 4 aliphatic rings. The van der Waals surface area contributed by atoms with Crippen LogP contribution in [0.4, 0.5) is 4.39 Å². The maximum absolute atomic E-state index is 14.5. The molecule has 298 valence electrons. The van der Waals surface area contributed by atoms with E-state index in [-0.39, 0.29) is 40.5 Å². The molecule has 4 fully saturated rings. The van der Waals surface area contributed by atoms with Gasteiger partial charge in [-0.25, -0.2) is 31.9 Å². The van der Waals surface area contributed by atoms with Gasteiger partial charge in [0.05, 0.1) is 22.2 Å². The number of nitrogens with zero attached hydrogens (tertiary/aromatic N) is 6. The van der Waals surface area contributed by atoms with Crippen molar-refractivity contribution in [3.8, 4) is 0 Å². The molecule has 1 unspecified atom stereocenters. The number of hydrogen-bond donors (Lipinski definition) is 2. The second kappa shape index (κ2) is 17.1. The van der Waals surface area contributed by atoms with Crippen LogP contribution < -0.4 is 0 Å². The molecule has 1 amide bonds. The molecule has 1 saturated carbocycles. The van der Waals surface area contributed by atoms with Crippen LogP contribution in [-0.4, -0.2) is 122 Å². The summed E-state index contributed by atoms with van der Waals surface area (Å²) in [6, 6.07) is 15.6. The average molecular weight is 779 g/mol. The largest absolute Gasteiger partial charge is 0.479 e. The number of piperidine rings is 2. The van der Waals surface area contributed by atoms with E-state index in [9.17, 15) is 22.4 Å². The third-order valence-corrected chi connectivity index (χ3v) is 14.6. The lowest BCUT2D eigenvalue weighted by Crippen LogP contribution is -2.63. The number of aliphatic hydroxyl groups is 1. The first kappa shape index (κ1) is 40.8. The van der Waals surface area contributed by atoms with Crippen LogP contribution in [-0.2, 0) is 14.8 Å². The fourth-order valence-electron chi connectivity index (χ4n) is 8.67. The summed E-state index contributed by atoms with van der Waals surface area (Å²) in [7, 11) is -3.18. The zero-order valence-electron chi connectivity index (χ0n) is 32.3. The Morgan fingerprint density at radius 1 is 0.873 bits per heavy atom. The first-order valence-electron chi connectivity index (χ1n) is 19.5. The lowest BCUT2D eigenvalue weighted by molar-refractivity contribution is -0.146. The van der Waals surface area contributed by atoms with Crippen LogP contribution in [0.3, 0.4) is 0 Å². The van der Waals surface area contributed by atoms with Crippen molar-refractivity contribution in [2.24, 2.45) is 5.92 Å². The van der Waals surface area contributed by atoms with Crippen LogP contribution in [0.5, 0.6) is 0 Å². The summed E-state index contributed by atoms with van der Waals surface area (Å²) in [6.45, 7) is 13.5. The number of likely N-dealkylation sites (tertiary alicyclic amines) is 1. The number of halogens is 1. The number of aliphatic carboxylic acids is 1. The highest BCUT2D eigenvalue weighted by atomic mass is 32.2. The molecule has 4 heterocycles. The number of carboxylic acids is 1. The molecular formula is C41H55FN6O6S. The molecule has 2 N–H and O–H groups in total. The molecule has 3 aromatic rings. The number of benzene rings is 2. The minimum absolute atomic E-state index is 0.00866. The summed E-state index contributed by atoms with van der Waals surface area (Å²) in [5.41, 5.74) is 3.46. The van der Waals surface area contributed by atoms with E-state index in [1.807, 2.05) is 24.8 Å². The fourth-order valence-corrected chi connectivity index (χ4v) is 10.5. The monoisotopic (exact) mass is 778 g/mol. The maximum Gasteiger partial charge on any atom is 0.337 e. The van der Waals surface area contributed by atoms with Crippen LogP contribution in [0, 0.1) is 25.6 Å². The fraction of sp³-hybridized carbons (Fsp3) is 0.561. The topological polar surface area (TPSA) is 147 Å². The minimum atomic E-state index is -3.18. The Kier molecular flexibility index (Phi) is 12.7. The number of aryl methyl sites for hydroxylation is 2. The number of carbonyl (C=O) groups excluding carboxylic acids is 1. The third kappa shape index (κ3) is 9.26. The van der Waals surface area contributed by atoms with E-state index in [2.05, 4.69) is 33.6 Å². The van der Waals surface area contributed by atoms with Gasteiger partial charge < -0.3 is 15.1 Å². The molecular weight excluding hydrogens is 724 g/mol. The molecule has 0 bridgehead atoms. The van der Waals surface area contributed by atoms with Crippen molar-refractivity contribution in [1.82, 2.24) is 29.0 Å². The van der Waals surface area contributed by atoms with E-state index in [4.69, 9.17) is 10.2 Å². The number of sulfonamides is 1. The maximum atomic E-state index is 14.5. The second-order valence-corrected chi connectivity index (χ2v) is 18.1. The molecule has 3 aliphatic heterocycles. The first-order chi connectivity index (χ1) is 26.2. The smallest absolute Gasteiger partial charge is 0.337 e. The molecule has 55 heavy (non-hydrogen) atoms. The molecule has 1 aliphatic carbocycles. The van der Waals surface area contributed by atoms with Gasteiger partial charge >= 0.3 is 5.97 Å². The summed E-state index contributed by atoms with van der Waals surface area (Å²) in [5, 5.41) is 17.2. The van der Waals surface area contributed by atoms with Crippen LogP contribution >= 0.6 is 0 Å². The summed E-state index contributed by atoms with van der Waals surface area (Å²) in [5.74, 6) is -1.17. The van der Waals surface area contributed by atoms with Gasteiger partial charge in [0, 0.05) is 63.4 Å². The minimum Gasteiger partial charge on any atom is -0.479 e. The number of carbonyl (C=O) groups is 2. The summed E-state index contributed by atoms with van der Waals surface area (Å²) < 4.78 is 42.0. The van der Waals surface area contributed by atoms with Crippen molar-refractivity contribution < 1.29 is 32.6 Å². The van der Waals surface area contributed by atoms with E-state index in [0.717, 1.165) is 75.1 Å². The lowest BCUT2D eigenvalue weighted by Gasteiger charge is -2.54. The Labute approximate surface area is 324 Å². The first-order valence-corrected chi connectivity index (χ1v) is 21.0. The molecule has 12 nitrogen and oxygen atoms in total. The Morgan fingerprint density at radius 2 is 1.49 bits per heavy atom. The SMILES string of the molecule is Cc1ncnc(C)c1C(=O)N1CCC(C)(N2CCN([C@H](c3cccc(F)c3)C3CCN(S(=O)(=O)C4CC4)CC3)[C@H](C)C2)CC1.O=C(O)C(O)c1ccccc1. The predicted octanol–water partition coefficient (Wildman–Crippen LogP) is 4.98. The zero-order valence-corrected chi connectivity index (χ0v) is 33.2. The van der Waals surface area contributed by atoms with E-state index < -0.39 is 22.1 Å². The van der Waals surface area contributed by atoms with Gasteiger partial charge in [0.15, 0.2) is 6.10 Å². The van der Waals surface area contributed by atoms with Gasteiger partial charge in [-0.05, 0) is 95.4 Å². The van der Waals surface area contributed by atoms with Gasteiger partial charge in [0.2, 0.25) is 10.0 Å². The van der Waals surface area contributed by atoms with Gasteiger partial charge in [-0.2, -0.15) is 0 Å². The van der Waals surface area contributed by atoms with Gasteiger partial charge in [-0.3, -0.25) is 14.6 Å². The molecule has 3 saturated heterocycles. The van der Waals surface area contributed by atoms with Crippen molar-refractivity contribution in [2.75, 3.05) is 45.8 Å². The average Bonchev–Trinajstić information content (AvgIpc) is 4.03. The quantitative estimate of drug-likeness (QED) is 0.305. The molecule has 14 heteroatoms. The molecule has 0 radical (unpaired) electrons. The summed E-state index contributed by atoms with van der Waals surface area (Å²) in [4.78, 5) is 39.2. The third-order valence-electron chi connectivity index (χ3n) is 12.2. The summed E-state index contributed by atoms with van der Waals surface area (Å²) >= 11 is 0. The Morgan fingerprint density at radius 3 is 2.05 bits per heavy atom. The zero-order chi connectivity index (χ0) is 39.5. The molecule has 1 aromatic heterocycles. The number of aromatic nitrogens is 2. The number of hydrogen-bond acceptors (Lipinski definition) is 9. The second-order valence-electron chi connectivity index (χ2n) is 15.9. The lowest BCUT2D eigenvalue weighted by atomic mass is 9.82. The van der Waals surface area contributed by atoms with E-state index in [1.54, 1.807) is 46.8 Å². The van der Waals surface area contributed by atoms with Crippen molar-refractivity contribution in [1.29, 1.82) is 0 Å². The molecule has 7 rings (SSSR count). The number of carboxylic acid groups (broad SMARTS) is 1. The van der Waals surface area contributed by atoms with Crippen LogP contribution in [0.1, 0.15) is 97.4 Å². The van der Waals surface area contributed by atoms with Crippen LogP contribution in [0.25, 0.3) is 0 Å². The standard InChI is InChI=1S/C33H47FN6O3S.C8H8O3/c1-23-21-38(33(4)12-16-37(17-13-33)32(41)30-24(2)35-22-36-25(30)3)18-19-40(23)31(27-6-5-7-28(34)20-27)26-10-14-39(15-11-26)44(42,43)29-8-9-29;9-7(8(10)11)6-4-2-1-3-5-6/h5-7,20,22-23,26,29,31H,8-19,21H2,1-4H3;1-5,7,9H,(H,10,11)/t23-,31+;/m1./s1. The van der Waals surface area contributed by atoms with Gasteiger partial charge in [0.1, 0.15) is 12.1 Å². The van der Waals surface area contributed by atoms with Crippen LogP contribution in [0.2, 0.25) is 0 Å². The number of aliphatic hydroxyl groups excluding tert-OH is 1. The normalized spacial score (nSPS) is 22.7. The van der Waals surface area contributed by atoms with E-state index >= 15 is 0 Å². The van der Waals surface area contributed by atoms with Gasteiger partial charge in [-0.1, -0.05) is 42.5 Å². The van der Waals surface area contributed by atoms with E-state index in [1.165, 1.54) is 12.4 Å². The van der Waals surface area contributed by atoms with Crippen molar-refractivity contribution in [3.05, 3.63) is 94.8 Å².